The standard InChI is InChI=1S/C13H13ClN2O4S2.Na/c1-6(14)11(13(19)20)16-3-8(12(16)18)15-10(17)2-7-4-22-5-9(7)21;/h4-5,8,21H,2-3H2,1H3,(H,15,17)(H,19,20);/q;+1/p-1. The van der Waals surface area contributed by atoms with Crippen molar-refractivity contribution in [3.63, 3.8) is 0 Å². The first kappa shape index (κ1) is 20.5. The van der Waals surface area contributed by atoms with Crippen LogP contribution in [0.1, 0.15) is 12.5 Å². The van der Waals surface area contributed by atoms with Crippen LogP contribution in [-0.2, 0) is 20.8 Å². The molecule has 0 saturated carbocycles. The van der Waals surface area contributed by atoms with E-state index in [9.17, 15) is 19.5 Å². The SMILES string of the molecule is CC(Cl)=C(C(=O)[O-])N1CC(NC(=O)Cc2cscc2S)C1=O.[Na+]. The summed E-state index contributed by atoms with van der Waals surface area (Å²) in [6.45, 7) is 1.41. The van der Waals surface area contributed by atoms with E-state index in [-0.39, 0.29) is 59.2 Å². The second-order valence-corrected chi connectivity index (χ2v) is 6.49. The Bertz CT molecular complexity index is 673. The Balaban J connectivity index is 0.00000264. The van der Waals surface area contributed by atoms with Crippen LogP contribution < -0.4 is 40.0 Å². The summed E-state index contributed by atoms with van der Waals surface area (Å²) in [4.78, 5) is 36.5. The van der Waals surface area contributed by atoms with Gasteiger partial charge in [0.15, 0.2) is 0 Å². The largest absolute Gasteiger partial charge is 1.00 e. The van der Waals surface area contributed by atoms with Gasteiger partial charge in [-0.3, -0.25) is 9.59 Å². The first-order chi connectivity index (χ1) is 10.3. The molecule has 1 atom stereocenters. The number of halogens is 1. The molecule has 6 nitrogen and oxygen atoms in total. The van der Waals surface area contributed by atoms with Crippen molar-refractivity contribution < 1.29 is 49.0 Å². The molecule has 1 fully saturated rings. The smallest absolute Gasteiger partial charge is 0.543 e. The number of nitrogens with one attached hydrogen (secondary N) is 1. The van der Waals surface area contributed by atoms with Gasteiger partial charge in [0.25, 0.3) is 5.91 Å². The van der Waals surface area contributed by atoms with Gasteiger partial charge in [-0.15, -0.1) is 12.6 Å². The number of likely N-dealkylation sites (tertiary alicyclic amines) is 1. The Labute approximate surface area is 169 Å². The van der Waals surface area contributed by atoms with Crippen LogP contribution in [0, 0.1) is 0 Å². The molecule has 2 heterocycles. The van der Waals surface area contributed by atoms with E-state index >= 15 is 0 Å². The fourth-order valence-electron chi connectivity index (χ4n) is 2.04. The Morgan fingerprint density at radius 3 is 2.61 bits per heavy atom. The number of carbonyl (C=O) groups excluding carboxylic acids is 3. The number of amides is 2. The summed E-state index contributed by atoms with van der Waals surface area (Å²) in [6, 6.07) is -0.750. The molecule has 0 radical (unpaired) electrons. The van der Waals surface area contributed by atoms with Crippen molar-refractivity contribution in [2.75, 3.05) is 6.54 Å². The predicted octanol–water partition coefficient (Wildman–Crippen LogP) is -2.87. The van der Waals surface area contributed by atoms with Crippen LogP contribution in [0.2, 0.25) is 0 Å². The molecule has 1 aromatic heterocycles. The zero-order chi connectivity index (χ0) is 16.4. The summed E-state index contributed by atoms with van der Waals surface area (Å²) in [6.07, 6.45) is 0.115. The summed E-state index contributed by atoms with van der Waals surface area (Å²) in [5.74, 6) is -2.37. The maximum Gasteiger partial charge on any atom is 1.00 e. The van der Waals surface area contributed by atoms with Crippen LogP contribution in [0.5, 0.6) is 0 Å². The van der Waals surface area contributed by atoms with Crippen molar-refractivity contribution in [2.24, 2.45) is 0 Å². The van der Waals surface area contributed by atoms with Gasteiger partial charge < -0.3 is 20.1 Å². The number of carboxylic acid groups (broad SMARTS) is 1. The monoisotopic (exact) mass is 382 g/mol. The molecule has 0 aliphatic carbocycles. The maximum absolute atomic E-state index is 11.9. The number of rotatable bonds is 5. The molecule has 1 unspecified atom stereocenters. The second-order valence-electron chi connectivity index (χ2n) is 4.70. The summed E-state index contributed by atoms with van der Waals surface area (Å²) in [5, 5.41) is 17.1. The van der Waals surface area contributed by atoms with Gasteiger partial charge in [0, 0.05) is 15.3 Å². The van der Waals surface area contributed by atoms with Gasteiger partial charge in [0.05, 0.1) is 24.6 Å². The van der Waals surface area contributed by atoms with Gasteiger partial charge in [0.2, 0.25) is 5.91 Å². The number of β-lactam (4-membered cyclic amide) rings is 1. The number of thiophene rings is 1. The molecule has 1 aromatic rings. The molecule has 0 spiro atoms. The number of allylic oxidation sites excluding steroid dienone is 1. The average molecular weight is 383 g/mol. The molecule has 23 heavy (non-hydrogen) atoms. The second kappa shape index (κ2) is 8.55. The molecule has 10 heteroatoms. The van der Waals surface area contributed by atoms with E-state index in [1.807, 2.05) is 10.8 Å². The number of thiol groups is 1. The Hall–Kier alpha value is -0.510. The van der Waals surface area contributed by atoms with Crippen LogP contribution in [0.25, 0.3) is 0 Å². The third-order valence-electron chi connectivity index (χ3n) is 3.12. The Morgan fingerprint density at radius 2 is 2.17 bits per heavy atom. The molecular weight excluding hydrogens is 371 g/mol. The Kier molecular flexibility index (Phi) is 7.63. The topological polar surface area (TPSA) is 89.5 Å². The molecule has 1 saturated heterocycles. The zero-order valence-corrected chi connectivity index (χ0v) is 16.9. The molecule has 1 aliphatic heterocycles. The first-order valence-corrected chi connectivity index (χ1v) is 8.00. The molecule has 2 amide bonds. The molecular formula is C13H12ClN2NaO4S2. The van der Waals surface area contributed by atoms with E-state index in [4.69, 9.17) is 11.6 Å². The van der Waals surface area contributed by atoms with E-state index in [1.165, 1.54) is 18.3 Å². The molecule has 2 rings (SSSR count). The fraction of sp³-hybridized carbons (Fsp3) is 0.308. The maximum atomic E-state index is 11.9. The van der Waals surface area contributed by atoms with Crippen LogP contribution in [0.4, 0.5) is 0 Å². The van der Waals surface area contributed by atoms with Crippen LogP contribution in [-0.4, -0.2) is 35.3 Å². The van der Waals surface area contributed by atoms with E-state index in [0.29, 0.717) is 0 Å². The summed E-state index contributed by atoms with van der Waals surface area (Å²) < 4.78 is 0. The third kappa shape index (κ3) is 4.74. The van der Waals surface area contributed by atoms with Crippen molar-refractivity contribution in [2.45, 2.75) is 24.3 Å². The van der Waals surface area contributed by atoms with Gasteiger partial charge in [0.1, 0.15) is 6.04 Å². The summed E-state index contributed by atoms with van der Waals surface area (Å²) in [5.41, 5.74) is 0.411. The van der Waals surface area contributed by atoms with Crippen molar-refractivity contribution in [3.05, 3.63) is 27.1 Å². The molecule has 1 N–H and O–H groups in total. The van der Waals surface area contributed by atoms with Gasteiger partial charge in [-0.2, -0.15) is 11.3 Å². The minimum atomic E-state index is -1.52. The van der Waals surface area contributed by atoms with Crippen LogP contribution >= 0.6 is 35.6 Å². The minimum absolute atomic E-state index is 0. The van der Waals surface area contributed by atoms with Crippen molar-refractivity contribution in [1.29, 1.82) is 0 Å². The summed E-state index contributed by atoms with van der Waals surface area (Å²) in [7, 11) is 0. The fourth-order valence-corrected chi connectivity index (χ4v) is 3.35. The van der Waals surface area contributed by atoms with E-state index in [1.54, 1.807) is 0 Å². The molecule has 0 bridgehead atoms. The van der Waals surface area contributed by atoms with Crippen LogP contribution in [0.3, 0.4) is 0 Å². The minimum Gasteiger partial charge on any atom is -0.543 e. The van der Waals surface area contributed by atoms with Gasteiger partial charge in [-0.05, 0) is 17.9 Å². The molecule has 0 aromatic carbocycles. The zero-order valence-electron chi connectivity index (χ0n) is 12.5. The number of carboxylic acids is 1. The number of nitrogens with zero attached hydrogens (tertiary/aromatic N) is 1. The number of hydrogen-bond acceptors (Lipinski definition) is 6. The first-order valence-electron chi connectivity index (χ1n) is 6.23. The van der Waals surface area contributed by atoms with Crippen molar-refractivity contribution in [1.82, 2.24) is 10.2 Å². The Morgan fingerprint density at radius 1 is 1.52 bits per heavy atom. The van der Waals surface area contributed by atoms with Gasteiger partial charge >= 0.3 is 29.6 Å². The quantitative estimate of drug-likeness (QED) is 0.248. The van der Waals surface area contributed by atoms with E-state index < -0.39 is 17.9 Å². The van der Waals surface area contributed by atoms with Crippen molar-refractivity contribution >= 4 is 53.4 Å². The number of aliphatic carboxylic acids is 1. The average Bonchev–Trinajstić information content (AvgIpc) is 2.81. The van der Waals surface area contributed by atoms with Gasteiger partial charge in [-0.25, -0.2) is 0 Å². The predicted molar refractivity (Wildman–Crippen MR) is 82.5 cm³/mol. The van der Waals surface area contributed by atoms with Gasteiger partial charge in [-0.1, -0.05) is 11.6 Å². The molecule has 118 valence electrons. The number of carbonyl (C=O) groups is 3. The van der Waals surface area contributed by atoms with Crippen molar-refractivity contribution in [3.8, 4) is 0 Å². The number of hydrogen-bond donors (Lipinski definition) is 2. The molecule has 1 aliphatic rings. The van der Waals surface area contributed by atoms with Crippen LogP contribution in [0.15, 0.2) is 26.4 Å². The summed E-state index contributed by atoms with van der Waals surface area (Å²) >= 11 is 11.3. The normalized spacial score (nSPS) is 17.8. The van der Waals surface area contributed by atoms with E-state index in [0.717, 1.165) is 15.4 Å². The third-order valence-corrected chi connectivity index (χ3v) is 4.69. The van der Waals surface area contributed by atoms with E-state index in [2.05, 4.69) is 17.9 Å².